The molecular weight excluding hydrogens is 331 g/mol. The Hall–Kier alpha value is -2.53. The molecule has 26 heavy (non-hydrogen) atoms. The molecule has 2 aromatic rings. The van der Waals surface area contributed by atoms with Crippen LogP contribution in [0, 0.1) is 11.7 Å². The molecule has 0 spiro atoms. The molecule has 4 nitrogen and oxygen atoms in total. The molecule has 0 radical (unpaired) electrons. The van der Waals surface area contributed by atoms with Crippen molar-refractivity contribution in [2.75, 3.05) is 26.2 Å². The average molecular weight is 354 g/mol. The van der Waals surface area contributed by atoms with E-state index in [-0.39, 0.29) is 17.5 Å². The quantitative estimate of drug-likeness (QED) is 0.811. The van der Waals surface area contributed by atoms with E-state index in [9.17, 15) is 14.0 Å². The van der Waals surface area contributed by atoms with Gasteiger partial charge in [-0.05, 0) is 68.2 Å². The van der Waals surface area contributed by atoms with E-state index in [4.69, 9.17) is 0 Å². The minimum Gasteiger partial charge on any atom is -0.352 e. The molecular formula is C21H23FN2O2. The fourth-order valence-corrected chi connectivity index (χ4v) is 3.21. The number of carbonyl (C=O) groups excluding carboxylic acids is 2. The molecule has 1 N–H and O–H groups in total. The fraction of sp³-hybridized carbons (Fsp3) is 0.333. The minimum atomic E-state index is -0.333. The number of ketones is 1. The highest BCUT2D eigenvalue weighted by Crippen LogP contribution is 2.17. The maximum absolute atomic E-state index is 12.9. The second kappa shape index (κ2) is 8.72. The van der Waals surface area contributed by atoms with Crippen molar-refractivity contribution < 1.29 is 14.0 Å². The molecule has 0 atom stereocenters. The van der Waals surface area contributed by atoms with Gasteiger partial charge in [0.15, 0.2) is 5.78 Å². The maximum atomic E-state index is 12.9. The standard InChI is InChI=1S/C21H23FN2O2/c22-19-8-6-17(7-9-19)20(25)15-24-12-10-16(11-13-24)14-23-21(26)18-4-2-1-3-5-18/h1-9,16H,10-15H2,(H,23,26). The summed E-state index contributed by atoms with van der Waals surface area (Å²) in [4.78, 5) is 26.5. The summed E-state index contributed by atoms with van der Waals surface area (Å²) >= 11 is 0. The summed E-state index contributed by atoms with van der Waals surface area (Å²) in [6.07, 6.45) is 1.90. The van der Waals surface area contributed by atoms with Crippen molar-refractivity contribution in [3.63, 3.8) is 0 Å². The number of nitrogens with one attached hydrogen (secondary N) is 1. The summed E-state index contributed by atoms with van der Waals surface area (Å²) in [6, 6.07) is 14.9. The molecule has 1 saturated heterocycles. The number of nitrogens with zero attached hydrogens (tertiary/aromatic N) is 1. The fourth-order valence-electron chi connectivity index (χ4n) is 3.21. The van der Waals surface area contributed by atoms with Crippen molar-refractivity contribution in [2.45, 2.75) is 12.8 Å². The lowest BCUT2D eigenvalue weighted by atomic mass is 9.96. The molecule has 1 aliphatic heterocycles. The highest BCUT2D eigenvalue weighted by molar-refractivity contribution is 5.97. The zero-order valence-corrected chi connectivity index (χ0v) is 14.7. The Kier molecular flexibility index (Phi) is 6.12. The number of hydrogen-bond donors (Lipinski definition) is 1. The molecule has 1 aliphatic rings. The van der Waals surface area contributed by atoms with E-state index in [1.165, 1.54) is 24.3 Å². The largest absolute Gasteiger partial charge is 0.352 e. The second-order valence-electron chi connectivity index (χ2n) is 6.73. The van der Waals surface area contributed by atoms with Crippen LogP contribution in [0.5, 0.6) is 0 Å². The number of likely N-dealkylation sites (tertiary alicyclic amines) is 1. The van der Waals surface area contributed by atoms with Gasteiger partial charge in [-0.3, -0.25) is 14.5 Å². The average Bonchev–Trinajstić information content (AvgIpc) is 2.68. The summed E-state index contributed by atoms with van der Waals surface area (Å²) in [5.74, 6) is 0.0695. The van der Waals surface area contributed by atoms with Gasteiger partial charge in [-0.1, -0.05) is 18.2 Å². The van der Waals surface area contributed by atoms with Gasteiger partial charge in [0.05, 0.1) is 6.54 Å². The van der Waals surface area contributed by atoms with E-state index >= 15 is 0 Å². The number of amides is 1. The number of rotatable bonds is 6. The number of carbonyl (C=O) groups is 2. The van der Waals surface area contributed by atoms with Gasteiger partial charge >= 0.3 is 0 Å². The van der Waals surface area contributed by atoms with Gasteiger partial charge in [0, 0.05) is 17.7 Å². The van der Waals surface area contributed by atoms with E-state index in [0.29, 0.717) is 30.1 Å². The third-order valence-corrected chi connectivity index (χ3v) is 4.83. The topological polar surface area (TPSA) is 49.4 Å². The van der Waals surface area contributed by atoms with Gasteiger partial charge < -0.3 is 5.32 Å². The van der Waals surface area contributed by atoms with Crippen molar-refractivity contribution >= 4 is 11.7 Å². The first-order valence-corrected chi connectivity index (χ1v) is 8.96. The highest BCUT2D eigenvalue weighted by atomic mass is 19.1. The molecule has 3 rings (SSSR count). The zero-order valence-electron chi connectivity index (χ0n) is 14.7. The van der Waals surface area contributed by atoms with Gasteiger partial charge in [0.25, 0.3) is 5.91 Å². The van der Waals surface area contributed by atoms with Crippen molar-refractivity contribution in [1.82, 2.24) is 10.2 Å². The van der Waals surface area contributed by atoms with Gasteiger partial charge in [-0.25, -0.2) is 4.39 Å². The Morgan fingerprint density at radius 1 is 0.962 bits per heavy atom. The van der Waals surface area contributed by atoms with Gasteiger partial charge in [-0.2, -0.15) is 0 Å². The Balaban J connectivity index is 1.41. The molecule has 0 aromatic heterocycles. The molecule has 1 heterocycles. The van der Waals surface area contributed by atoms with Crippen LogP contribution in [-0.2, 0) is 0 Å². The molecule has 136 valence electrons. The molecule has 2 aromatic carbocycles. The van der Waals surface area contributed by atoms with Crippen LogP contribution in [0.4, 0.5) is 4.39 Å². The summed E-state index contributed by atoms with van der Waals surface area (Å²) in [5, 5.41) is 3.00. The van der Waals surface area contributed by atoms with E-state index in [1.54, 1.807) is 12.1 Å². The summed E-state index contributed by atoms with van der Waals surface area (Å²) in [6.45, 7) is 2.68. The molecule has 0 aliphatic carbocycles. The van der Waals surface area contributed by atoms with Crippen molar-refractivity contribution in [3.8, 4) is 0 Å². The normalized spacial score (nSPS) is 15.6. The highest BCUT2D eigenvalue weighted by Gasteiger charge is 2.21. The van der Waals surface area contributed by atoms with Crippen LogP contribution in [0.2, 0.25) is 0 Å². The lowest BCUT2D eigenvalue weighted by molar-refractivity contribution is 0.0887. The van der Waals surface area contributed by atoms with Crippen LogP contribution in [0.25, 0.3) is 0 Å². The van der Waals surface area contributed by atoms with Gasteiger partial charge in [0.1, 0.15) is 5.82 Å². The second-order valence-corrected chi connectivity index (χ2v) is 6.73. The Morgan fingerprint density at radius 3 is 2.27 bits per heavy atom. The van der Waals surface area contributed by atoms with Crippen molar-refractivity contribution in [2.24, 2.45) is 5.92 Å². The van der Waals surface area contributed by atoms with E-state index < -0.39 is 0 Å². The first-order chi connectivity index (χ1) is 12.6. The predicted octanol–water partition coefficient (Wildman–Crippen LogP) is 3.15. The van der Waals surface area contributed by atoms with Crippen LogP contribution >= 0.6 is 0 Å². The Bertz CT molecular complexity index is 738. The minimum absolute atomic E-state index is 0.0147. The van der Waals surface area contributed by atoms with Crippen LogP contribution in [0.15, 0.2) is 54.6 Å². The third kappa shape index (κ3) is 4.99. The van der Waals surface area contributed by atoms with Gasteiger partial charge in [0.2, 0.25) is 0 Å². The summed E-state index contributed by atoms with van der Waals surface area (Å²) in [7, 11) is 0. The first-order valence-electron chi connectivity index (χ1n) is 8.96. The molecule has 0 bridgehead atoms. The number of halogens is 1. The predicted molar refractivity (Wildman–Crippen MR) is 98.7 cm³/mol. The van der Waals surface area contributed by atoms with E-state index in [0.717, 1.165) is 25.9 Å². The number of benzene rings is 2. The smallest absolute Gasteiger partial charge is 0.251 e. The lowest BCUT2D eigenvalue weighted by Gasteiger charge is -2.31. The first kappa shape index (κ1) is 18.3. The summed E-state index contributed by atoms with van der Waals surface area (Å²) in [5.41, 5.74) is 1.22. The maximum Gasteiger partial charge on any atom is 0.251 e. The van der Waals surface area contributed by atoms with Crippen LogP contribution in [-0.4, -0.2) is 42.8 Å². The Labute approximate surface area is 153 Å². The molecule has 0 unspecified atom stereocenters. The summed E-state index contributed by atoms with van der Waals surface area (Å²) < 4.78 is 12.9. The van der Waals surface area contributed by atoms with Gasteiger partial charge in [-0.15, -0.1) is 0 Å². The SMILES string of the molecule is O=C(CN1CCC(CNC(=O)c2ccccc2)CC1)c1ccc(F)cc1. The number of Topliss-reactive ketones (excluding diaryl/α,β-unsaturated/α-hetero) is 1. The number of piperidine rings is 1. The van der Waals surface area contributed by atoms with Crippen molar-refractivity contribution in [1.29, 1.82) is 0 Å². The lowest BCUT2D eigenvalue weighted by Crippen LogP contribution is -2.40. The van der Waals surface area contributed by atoms with Crippen LogP contribution in [0.1, 0.15) is 33.6 Å². The monoisotopic (exact) mass is 354 g/mol. The Morgan fingerprint density at radius 2 is 1.62 bits per heavy atom. The van der Waals surface area contributed by atoms with Crippen molar-refractivity contribution in [3.05, 3.63) is 71.5 Å². The number of hydrogen-bond acceptors (Lipinski definition) is 3. The molecule has 5 heteroatoms. The third-order valence-electron chi connectivity index (χ3n) is 4.83. The molecule has 1 amide bonds. The van der Waals surface area contributed by atoms with Crippen LogP contribution < -0.4 is 5.32 Å². The zero-order chi connectivity index (χ0) is 18.4. The van der Waals surface area contributed by atoms with E-state index in [2.05, 4.69) is 10.2 Å². The van der Waals surface area contributed by atoms with E-state index in [1.807, 2.05) is 18.2 Å². The van der Waals surface area contributed by atoms with Crippen LogP contribution in [0.3, 0.4) is 0 Å². The molecule has 0 saturated carbocycles. The molecule has 1 fully saturated rings.